The number of ether oxygens (including phenoxy) is 1. The van der Waals surface area contributed by atoms with Crippen LogP contribution in [0, 0.1) is 19.3 Å². The molecule has 45 heavy (non-hydrogen) atoms. The normalized spacial score (nSPS) is 13.5. The van der Waals surface area contributed by atoms with E-state index in [9.17, 15) is 4.79 Å². The van der Waals surface area contributed by atoms with Gasteiger partial charge < -0.3 is 9.16 Å². The van der Waals surface area contributed by atoms with Crippen LogP contribution in [0.4, 0.5) is 0 Å². The highest BCUT2D eigenvalue weighted by Crippen LogP contribution is 2.43. The third-order valence-corrected chi connectivity index (χ3v) is 14.9. The van der Waals surface area contributed by atoms with Crippen molar-refractivity contribution in [3.8, 4) is 11.1 Å². The maximum Gasteiger partial charge on any atom is 0.302 e. The monoisotopic (exact) mass is 628 g/mol. The van der Waals surface area contributed by atoms with Crippen LogP contribution in [0.5, 0.6) is 0 Å². The number of rotatable bonds is 12. The number of aryl methyl sites for hydroxylation is 3. The van der Waals surface area contributed by atoms with Crippen LogP contribution in [-0.4, -0.2) is 20.4 Å². The minimum absolute atomic E-state index is 0.0524. The molecule has 0 spiro atoms. The van der Waals surface area contributed by atoms with E-state index in [2.05, 4.69) is 131 Å². The van der Waals surface area contributed by atoms with Gasteiger partial charge in [-0.1, -0.05) is 110 Å². The molecule has 3 rings (SSSR count). The Labute approximate surface area is 276 Å². The smallest absolute Gasteiger partial charge is 0.302 e. The largest absolute Gasteiger partial charge is 0.461 e. The van der Waals surface area contributed by atoms with Crippen LogP contribution in [-0.2, 0) is 32.4 Å². The van der Waals surface area contributed by atoms with E-state index in [4.69, 9.17) is 9.16 Å². The molecule has 0 radical (unpaired) electrons. The molecule has 3 aromatic carbocycles. The highest BCUT2D eigenvalue weighted by molar-refractivity contribution is 6.74. The third kappa shape index (κ3) is 8.77. The minimum Gasteiger partial charge on any atom is -0.461 e. The summed E-state index contributed by atoms with van der Waals surface area (Å²) in [5, 5.41) is 0.198. The number of carbonyl (C=O) groups is 1. The van der Waals surface area contributed by atoms with E-state index in [0.717, 1.165) is 36.8 Å². The highest BCUT2D eigenvalue weighted by atomic mass is 28.4. The lowest BCUT2D eigenvalue weighted by Gasteiger charge is -2.43. The fraction of sp³-hybridized carbons (Fsp3) is 0.537. The van der Waals surface area contributed by atoms with Crippen molar-refractivity contribution in [3.63, 3.8) is 0 Å². The van der Waals surface area contributed by atoms with Crippen LogP contribution in [0.2, 0.25) is 18.1 Å². The molecule has 0 aliphatic heterocycles. The molecule has 0 aliphatic carbocycles. The standard InChI is InChI=1S/C41H60O3Si/c1-14-41(15-2,36-22-23-37(30(4)26-36)34-18-16-17-32(27-34)28-43-31(5)42)35-21-19-33(29(3)25-35)20-24-38(39(6,7)8)44-45(12,13)40(9,10)11/h16-19,21-23,25-27,38H,14-15,20,24,28H2,1-13H3. The second-order valence-electron chi connectivity index (χ2n) is 15.7. The molecule has 3 aromatic rings. The zero-order valence-electron chi connectivity index (χ0n) is 30.6. The Morgan fingerprint density at radius 1 is 0.822 bits per heavy atom. The van der Waals surface area contributed by atoms with E-state index in [1.165, 1.54) is 40.3 Å². The summed E-state index contributed by atoms with van der Waals surface area (Å²) in [4.78, 5) is 11.3. The summed E-state index contributed by atoms with van der Waals surface area (Å²) in [6.07, 6.45) is 4.35. The van der Waals surface area contributed by atoms with Crippen LogP contribution in [0.3, 0.4) is 0 Å². The van der Waals surface area contributed by atoms with Gasteiger partial charge in [-0.3, -0.25) is 4.79 Å². The molecule has 4 heteroatoms. The van der Waals surface area contributed by atoms with Crippen molar-refractivity contribution in [2.24, 2.45) is 5.41 Å². The van der Waals surface area contributed by atoms with Gasteiger partial charge in [0.2, 0.25) is 0 Å². The first-order valence-electron chi connectivity index (χ1n) is 17.0. The second-order valence-corrected chi connectivity index (χ2v) is 20.5. The zero-order chi connectivity index (χ0) is 33.8. The lowest BCUT2D eigenvalue weighted by atomic mass is 9.69. The molecule has 0 saturated carbocycles. The molecule has 0 heterocycles. The summed E-state index contributed by atoms with van der Waals surface area (Å²) in [6.45, 7) is 29.6. The van der Waals surface area contributed by atoms with Gasteiger partial charge in [0.25, 0.3) is 0 Å². The summed E-state index contributed by atoms with van der Waals surface area (Å²) in [5.41, 5.74) is 10.2. The lowest BCUT2D eigenvalue weighted by molar-refractivity contribution is -0.142. The molecule has 0 bridgehead atoms. The van der Waals surface area contributed by atoms with Gasteiger partial charge in [0.1, 0.15) is 6.61 Å². The van der Waals surface area contributed by atoms with E-state index >= 15 is 0 Å². The molecule has 0 amide bonds. The van der Waals surface area contributed by atoms with Gasteiger partial charge in [0.15, 0.2) is 8.32 Å². The van der Waals surface area contributed by atoms with Crippen LogP contribution >= 0.6 is 0 Å². The molecule has 1 unspecified atom stereocenters. The predicted octanol–water partition coefficient (Wildman–Crippen LogP) is 11.5. The number of hydrogen-bond acceptors (Lipinski definition) is 3. The third-order valence-electron chi connectivity index (χ3n) is 10.4. The Morgan fingerprint density at radius 3 is 1.93 bits per heavy atom. The Balaban J connectivity index is 1.89. The van der Waals surface area contributed by atoms with Gasteiger partial charge in [0, 0.05) is 12.3 Å². The number of esters is 1. The summed E-state index contributed by atoms with van der Waals surface area (Å²) >= 11 is 0. The van der Waals surface area contributed by atoms with Crippen molar-refractivity contribution in [2.45, 2.75) is 138 Å². The molecule has 0 aliphatic rings. The summed E-state index contributed by atoms with van der Waals surface area (Å²) in [6, 6.07) is 22.5. The number of benzene rings is 3. The summed E-state index contributed by atoms with van der Waals surface area (Å²) in [7, 11) is -1.87. The van der Waals surface area contributed by atoms with E-state index in [-0.39, 0.29) is 27.9 Å². The van der Waals surface area contributed by atoms with Gasteiger partial charge >= 0.3 is 5.97 Å². The maximum atomic E-state index is 11.3. The van der Waals surface area contributed by atoms with Crippen LogP contribution < -0.4 is 0 Å². The summed E-state index contributed by atoms with van der Waals surface area (Å²) in [5.74, 6) is -0.260. The minimum atomic E-state index is -1.87. The van der Waals surface area contributed by atoms with Gasteiger partial charge in [-0.05, 0) is 114 Å². The van der Waals surface area contributed by atoms with Crippen LogP contribution in [0.1, 0.15) is 115 Å². The maximum absolute atomic E-state index is 11.3. The fourth-order valence-electron chi connectivity index (χ4n) is 6.29. The summed E-state index contributed by atoms with van der Waals surface area (Å²) < 4.78 is 12.2. The molecule has 1 atom stereocenters. The highest BCUT2D eigenvalue weighted by Gasteiger charge is 2.41. The Kier molecular flexibility index (Phi) is 11.8. The molecular formula is C41H60O3Si. The first-order valence-corrected chi connectivity index (χ1v) is 19.9. The Morgan fingerprint density at radius 2 is 1.42 bits per heavy atom. The van der Waals surface area contributed by atoms with Crippen molar-refractivity contribution in [2.75, 3.05) is 0 Å². The molecule has 0 aromatic heterocycles. The van der Waals surface area contributed by atoms with Crippen LogP contribution in [0.25, 0.3) is 11.1 Å². The molecule has 0 N–H and O–H groups in total. The Hall–Kier alpha value is -2.69. The molecule has 3 nitrogen and oxygen atoms in total. The van der Waals surface area contributed by atoms with Crippen LogP contribution in [0.15, 0.2) is 60.7 Å². The topological polar surface area (TPSA) is 35.5 Å². The molecular weight excluding hydrogens is 569 g/mol. The number of carbonyl (C=O) groups excluding carboxylic acids is 1. The lowest BCUT2D eigenvalue weighted by Crippen LogP contribution is -2.47. The van der Waals surface area contributed by atoms with Crippen molar-refractivity contribution < 1.29 is 14.0 Å². The van der Waals surface area contributed by atoms with Crippen molar-refractivity contribution in [1.29, 1.82) is 0 Å². The van der Waals surface area contributed by atoms with E-state index in [0.29, 0.717) is 6.61 Å². The van der Waals surface area contributed by atoms with Gasteiger partial charge in [-0.25, -0.2) is 0 Å². The number of hydrogen-bond donors (Lipinski definition) is 0. The van der Waals surface area contributed by atoms with Crippen molar-refractivity contribution in [3.05, 3.63) is 94.0 Å². The van der Waals surface area contributed by atoms with E-state index in [1.807, 2.05) is 12.1 Å². The first-order chi connectivity index (χ1) is 20.8. The Bertz CT molecular complexity index is 1450. The zero-order valence-corrected chi connectivity index (χ0v) is 31.6. The van der Waals surface area contributed by atoms with Gasteiger partial charge in [-0.2, -0.15) is 0 Å². The van der Waals surface area contributed by atoms with E-state index in [1.54, 1.807) is 0 Å². The van der Waals surface area contributed by atoms with Crippen molar-refractivity contribution >= 4 is 14.3 Å². The molecule has 0 saturated heterocycles. The predicted molar refractivity (Wildman–Crippen MR) is 194 cm³/mol. The fourth-order valence-corrected chi connectivity index (χ4v) is 7.83. The average Bonchev–Trinajstić information content (AvgIpc) is 2.95. The van der Waals surface area contributed by atoms with Gasteiger partial charge in [-0.15, -0.1) is 0 Å². The van der Waals surface area contributed by atoms with E-state index < -0.39 is 8.32 Å². The van der Waals surface area contributed by atoms with Crippen molar-refractivity contribution in [1.82, 2.24) is 0 Å². The average molecular weight is 629 g/mol. The molecule has 246 valence electrons. The first kappa shape index (κ1) is 36.8. The second kappa shape index (κ2) is 14.4. The quantitative estimate of drug-likeness (QED) is 0.148. The SMILES string of the molecule is CCC(CC)(c1ccc(CCC(O[Si](C)(C)C(C)(C)C)C(C)(C)C)c(C)c1)c1ccc(-c2cccc(COC(C)=O)c2)c(C)c1. The molecule has 0 fully saturated rings. The van der Waals surface area contributed by atoms with Gasteiger partial charge in [0.05, 0.1) is 6.10 Å².